The SMILES string of the molecule is N#CCCC1(c2ccc(CN3CCC[C@H](c4ccccc4)S3(=O)=O)c(F)c2)COC1. The molecule has 0 unspecified atom stereocenters. The first-order valence-electron chi connectivity index (χ1n) is 10.2. The van der Waals surface area contributed by atoms with Crippen LogP contribution in [0.15, 0.2) is 48.5 Å². The third-order valence-electron chi connectivity index (χ3n) is 6.25. The zero-order valence-corrected chi connectivity index (χ0v) is 17.6. The summed E-state index contributed by atoms with van der Waals surface area (Å²) in [6, 6.07) is 16.4. The molecule has 0 aromatic heterocycles. The van der Waals surface area contributed by atoms with Gasteiger partial charge in [-0.05, 0) is 36.5 Å². The lowest BCUT2D eigenvalue weighted by atomic mass is 9.75. The molecule has 0 aliphatic carbocycles. The smallest absolute Gasteiger partial charge is 0.221 e. The van der Waals surface area contributed by atoms with Gasteiger partial charge in [0.25, 0.3) is 0 Å². The van der Waals surface area contributed by atoms with Gasteiger partial charge in [0, 0.05) is 30.5 Å². The van der Waals surface area contributed by atoms with Gasteiger partial charge >= 0.3 is 0 Å². The van der Waals surface area contributed by atoms with Gasteiger partial charge in [-0.15, -0.1) is 0 Å². The molecule has 0 radical (unpaired) electrons. The second-order valence-corrected chi connectivity index (χ2v) is 10.3. The van der Waals surface area contributed by atoms with Gasteiger partial charge < -0.3 is 4.74 Å². The fraction of sp³-hybridized carbons (Fsp3) is 0.435. The lowest BCUT2D eigenvalue weighted by molar-refractivity contribution is -0.0638. The minimum absolute atomic E-state index is 0.0273. The molecule has 2 fully saturated rings. The number of halogens is 1. The van der Waals surface area contributed by atoms with Crippen LogP contribution in [0.2, 0.25) is 0 Å². The number of nitrogens with zero attached hydrogens (tertiary/aromatic N) is 2. The fourth-order valence-electron chi connectivity index (χ4n) is 4.38. The van der Waals surface area contributed by atoms with Crippen LogP contribution in [0.3, 0.4) is 0 Å². The highest BCUT2D eigenvalue weighted by atomic mass is 32.2. The first-order chi connectivity index (χ1) is 14.5. The van der Waals surface area contributed by atoms with Gasteiger partial charge in [-0.2, -0.15) is 9.57 Å². The molecule has 0 N–H and O–H groups in total. The van der Waals surface area contributed by atoms with Gasteiger partial charge in [0.1, 0.15) is 11.1 Å². The molecule has 2 saturated heterocycles. The van der Waals surface area contributed by atoms with Crippen molar-refractivity contribution in [1.29, 1.82) is 5.26 Å². The number of ether oxygens (including phenoxy) is 1. The Labute approximate surface area is 177 Å². The molecule has 1 atom stereocenters. The lowest BCUT2D eigenvalue weighted by Gasteiger charge is -2.42. The van der Waals surface area contributed by atoms with E-state index in [-0.39, 0.29) is 12.0 Å². The van der Waals surface area contributed by atoms with Crippen molar-refractivity contribution in [3.05, 3.63) is 71.0 Å². The molecule has 4 rings (SSSR count). The minimum atomic E-state index is -3.57. The number of nitriles is 1. The van der Waals surface area contributed by atoms with E-state index in [0.29, 0.717) is 44.6 Å². The highest BCUT2D eigenvalue weighted by Crippen LogP contribution is 2.38. The molecule has 2 aromatic carbocycles. The van der Waals surface area contributed by atoms with Crippen molar-refractivity contribution in [1.82, 2.24) is 4.31 Å². The van der Waals surface area contributed by atoms with E-state index in [2.05, 4.69) is 6.07 Å². The van der Waals surface area contributed by atoms with Gasteiger partial charge in [0.2, 0.25) is 10.0 Å². The molecule has 7 heteroatoms. The lowest BCUT2D eigenvalue weighted by Crippen LogP contribution is -2.46. The van der Waals surface area contributed by atoms with Gasteiger partial charge in [0.05, 0.1) is 19.3 Å². The van der Waals surface area contributed by atoms with E-state index in [4.69, 9.17) is 10.00 Å². The molecule has 0 spiro atoms. The monoisotopic (exact) mass is 428 g/mol. The number of hydrogen-bond donors (Lipinski definition) is 0. The Bertz CT molecular complexity index is 1050. The van der Waals surface area contributed by atoms with E-state index in [0.717, 1.165) is 17.5 Å². The molecule has 2 aliphatic heterocycles. The molecular formula is C23H25FN2O3S. The summed E-state index contributed by atoms with van der Waals surface area (Å²) >= 11 is 0. The van der Waals surface area contributed by atoms with E-state index in [1.165, 1.54) is 10.4 Å². The summed E-state index contributed by atoms with van der Waals surface area (Å²) in [5.41, 5.74) is 1.65. The van der Waals surface area contributed by atoms with Crippen molar-refractivity contribution >= 4 is 10.0 Å². The third kappa shape index (κ3) is 3.87. The highest BCUT2D eigenvalue weighted by molar-refractivity contribution is 7.89. The van der Waals surface area contributed by atoms with Crippen LogP contribution in [0.4, 0.5) is 4.39 Å². The summed E-state index contributed by atoms with van der Waals surface area (Å²) < 4.78 is 48.1. The Morgan fingerprint density at radius 2 is 1.97 bits per heavy atom. The van der Waals surface area contributed by atoms with Crippen molar-refractivity contribution in [3.8, 4) is 6.07 Å². The molecule has 0 amide bonds. The number of rotatable bonds is 6. The summed E-state index contributed by atoms with van der Waals surface area (Å²) in [7, 11) is -3.57. The number of sulfonamides is 1. The average molecular weight is 429 g/mol. The summed E-state index contributed by atoms with van der Waals surface area (Å²) in [4.78, 5) is 0. The maximum Gasteiger partial charge on any atom is 0.221 e. The van der Waals surface area contributed by atoms with Crippen LogP contribution in [0.5, 0.6) is 0 Å². The fourth-order valence-corrected chi connectivity index (χ4v) is 6.41. The summed E-state index contributed by atoms with van der Waals surface area (Å²) in [5, 5.41) is 8.32. The van der Waals surface area contributed by atoms with Crippen LogP contribution >= 0.6 is 0 Å². The van der Waals surface area contributed by atoms with Crippen LogP contribution < -0.4 is 0 Å². The molecule has 0 bridgehead atoms. The molecule has 2 heterocycles. The predicted molar refractivity (Wildman–Crippen MR) is 111 cm³/mol. The Morgan fingerprint density at radius 3 is 2.60 bits per heavy atom. The molecule has 0 saturated carbocycles. The van der Waals surface area contributed by atoms with Crippen molar-refractivity contribution in [2.75, 3.05) is 19.8 Å². The van der Waals surface area contributed by atoms with E-state index in [1.807, 2.05) is 36.4 Å². The van der Waals surface area contributed by atoms with Crippen molar-refractivity contribution in [2.24, 2.45) is 0 Å². The van der Waals surface area contributed by atoms with Crippen LogP contribution in [-0.4, -0.2) is 32.5 Å². The van der Waals surface area contributed by atoms with Crippen molar-refractivity contribution in [3.63, 3.8) is 0 Å². The predicted octanol–water partition coefficient (Wildman–Crippen LogP) is 4.06. The van der Waals surface area contributed by atoms with Crippen LogP contribution in [0.25, 0.3) is 0 Å². The Hall–Kier alpha value is -2.27. The molecule has 2 aromatic rings. The maximum atomic E-state index is 15.0. The van der Waals surface area contributed by atoms with E-state index >= 15 is 0 Å². The molecular weight excluding hydrogens is 403 g/mol. The molecule has 2 aliphatic rings. The van der Waals surface area contributed by atoms with Crippen molar-refractivity contribution < 1.29 is 17.5 Å². The molecule has 5 nitrogen and oxygen atoms in total. The summed E-state index contributed by atoms with van der Waals surface area (Å²) in [5.74, 6) is -0.409. The Kier molecular flexibility index (Phi) is 5.92. The van der Waals surface area contributed by atoms with E-state index in [9.17, 15) is 12.8 Å². The Balaban J connectivity index is 1.55. The zero-order valence-electron chi connectivity index (χ0n) is 16.8. The first-order valence-corrected chi connectivity index (χ1v) is 11.7. The standard InChI is InChI=1S/C23H25FN2O3S/c24-21-14-20(23(11-5-12-25)16-29-17-23)10-9-19(21)15-26-13-4-8-22(30(26,27)28)18-6-2-1-3-7-18/h1-3,6-7,9-10,14,22H,4-5,8,11,13,15-17H2/t22-/m1/s1. The summed E-state index contributed by atoms with van der Waals surface area (Å²) in [6.45, 7) is 1.38. The first kappa shape index (κ1) is 21.0. The minimum Gasteiger partial charge on any atom is -0.379 e. The van der Waals surface area contributed by atoms with Crippen LogP contribution in [-0.2, 0) is 26.7 Å². The highest BCUT2D eigenvalue weighted by Gasteiger charge is 2.41. The Morgan fingerprint density at radius 1 is 1.20 bits per heavy atom. The van der Waals surface area contributed by atoms with Crippen LogP contribution in [0, 0.1) is 17.1 Å². The summed E-state index contributed by atoms with van der Waals surface area (Å²) in [6.07, 6.45) is 2.33. The van der Waals surface area contributed by atoms with Gasteiger partial charge in [-0.3, -0.25) is 0 Å². The van der Waals surface area contributed by atoms with Gasteiger partial charge in [-0.25, -0.2) is 12.8 Å². The van der Waals surface area contributed by atoms with E-state index in [1.54, 1.807) is 6.07 Å². The van der Waals surface area contributed by atoms with Crippen molar-refractivity contribution in [2.45, 2.75) is 42.9 Å². The van der Waals surface area contributed by atoms with Gasteiger partial charge in [-0.1, -0.05) is 42.5 Å². The molecule has 30 heavy (non-hydrogen) atoms. The third-order valence-corrected chi connectivity index (χ3v) is 8.51. The normalized spacial score (nSPS) is 22.7. The molecule has 158 valence electrons. The van der Waals surface area contributed by atoms with Crippen LogP contribution in [0.1, 0.15) is 47.6 Å². The quantitative estimate of drug-likeness (QED) is 0.696. The zero-order chi connectivity index (χ0) is 21.2. The average Bonchev–Trinajstić information content (AvgIpc) is 2.71. The van der Waals surface area contributed by atoms with Gasteiger partial charge in [0.15, 0.2) is 0 Å². The second kappa shape index (κ2) is 8.46. The largest absolute Gasteiger partial charge is 0.379 e. The number of hydrogen-bond acceptors (Lipinski definition) is 4. The number of benzene rings is 2. The maximum absolute atomic E-state index is 15.0. The van der Waals surface area contributed by atoms with E-state index < -0.39 is 21.1 Å². The topological polar surface area (TPSA) is 70.4 Å². The second-order valence-electron chi connectivity index (χ2n) is 8.16.